The molecule has 1 heterocycles. The fourth-order valence-electron chi connectivity index (χ4n) is 2.55. The van der Waals surface area contributed by atoms with E-state index in [1.807, 2.05) is 20.8 Å². The zero-order valence-electron chi connectivity index (χ0n) is 12.8. The van der Waals surface area contributed by atoms with Gasteiger partial charge in [0.05, 0.1) is 12.1 Å². The first-order valence-electron chi connectivity index (χ1n) is 7.03. The third-order valence-corrected chi connectivity index (χ3v) is 3.87. The second-order valence-electron chi connectivity index (χ2n) is 5.26. The van der Waals surface area contributed by atoms with Gasteiger partial charge >= 0.3 is 5.97 Å². The zero-order valence-corrected chi connectivity index (χ0v) is 12.8. The number of carbonyl (C=O) groups is 2. The molecule has 0 aliphatic carbocycles. The average Bonchev–Trinajstić information content (AvgIpc) is 2.43. The van der Waals surface area contributed by atoms with Crippen LogP contribution in [0.5, 0.6) is 0 Å². The molecule has 8 heteroatoms. The van der Waals surface area contributed by atoms with Crippen molar-refractivity contribution in [1.29, 1.82) is 0 Å². The molecule has 118 valence electrons. The Morgan fingerprint density at radius 1 is 1.38 bits per heavy atom. The van der Waals surface area contributed by atoms with E-state index in [4.69, 9.17) is 15.0 Å². The molecule has 3 unspecified atom stereocenters. The van der Waals surface area contributed by atoms with E-state index in [1.54, 1.807) is 0 Å². The molecule has 0 radical (unpaired) electrons. The number of ether oxygens (including phenoxy) is 2. The van der Waals surface area contributed by atoms with Crippen LogP contribution in [0.25, 0.3) is 10.4 Å². The summed E-state index contributed by atoms with van der Waals surface area (Å²) in [5.41, 5.74) is 8.24. The highest BCUT2D eigenvalue weighted by atomic mass is 16.7. The fraction of sp³-hybridized carbons (Fsp3) is 0.846. The van der Waals surface area contributed by atoms with Gasteiger partial charge in [-0.2, -0.15) is 0 Å². The van der Waals surface area contributed by atoms with Gasteiger partial charge in [-0.1, -0.05) is 25.9 Å². The average molecular weight is 298 g/mol. The lowest BCUT2D eigenvalue weighted by atomic mass is 9.81. The van der Waals surface area contributed by atoms with Gasteiger partial charge in [-0.15, -0.1) is 0 Å². The molecule has 0 saturated carbocycles. The summed E-state index contributed by atoms with van der Waals surface area (Å²) in [6.07, 6.45) is -0.0637. The molecular formula is C13H22N4O4. The summed E-state index contributed by atoms with van der Waals surface area (Å²) in [6, 6.07) is -0.465. The molecule has 1 aliphatic heterocycles. The predicted molar refractivity (Wildman–Crippen MR) is 75.0 cm³/mol. The van der Waals surface area contributed by atoms with E-state index in [9.17, 15) is 9.59 Å². The van der Waals surface area contributed by atoms with Gasteiger partial charge in [0.15, 0.2) is 0 Å². The van der Waals surface area contributed by atoms with Crippen molar-refractivity contribution < 1.29 is 19.1 Å². The summed E-state index contributed by atoms with van der Waals surface area (Å²) in [6.45, 7) is 7.02. The van der Waals surface area contributed by atoms with Crippen LogP contribution in [0.4, 0.5) is 0 Å². The first kappa shape index (κ1) is 17.3. The maximum Gasteiger partial charge on any atom is 0.305 e. The van der Waals surface area contributed by atoms with Crippen molar-refractivity contribution in [3.63, 3.8) is 0 Å². The molecule has 21 heavy (non-hydrogen) atoms. The lowest BCUT2D eigenvalue weighted by Gasteiger charge is -2.44. The maximum absolute atomic E-state index is 11.7. The van der Waals surface area contributed by atoms with E-state index in [2.05, 4.69) is 15.3 Å². The molecule has 0 aromatic heterocycles. The van der Waals surface area contributed by atoms with Gasteiger partial charge in [0.2, 0.25) is 12.2 Å². The van der Waals surface area contributed by atoms with Crippen molar-refractivity contribution in [2.24, 2.45) is 17.0 Å². The van der Waals surface area contributed by atoms with Crippen molar-refractivity contribution in [2.75, 3.05) is 6.54 Å². The highest BCUT2D eigenvalue weighted by molar-refractivity contribution is 5.78. The zero-order chi connectivity index (χ0) is 16.0. The van der Waals surface area contributed by atoms with Crippen LogP contribution in [0.1, 0.15) is 34.1 Å². The van der Waals surface area contributed by atoms with E-state index >= 15 is 0 Å². The number of nitrogens with one attached hydrogen (secondary N) is 1. The van der Waals surface area contributed by atoms with E-state index in [0.717, 1.165) is 6.42 Å². The second-order valence-corrected chi connectivity index (χ2v) is 5.26. The van der Waals surface area contributed by atoms with Crippen LogP contribution in [-0.2, 0) is 19.1 Å². The minimum absolute atomic E-state index is 0.0327. The van der Waals surface area contributed by atoms with Crippen LogP contribution >= 0.6 is 0 Å². The summed E-state index contributed by atoms with van der Waals surface area (Å²) in [7, 11) is 0. The first-order chi connectivity index (χ1) is 9.90. The number of azide groups is 1. The summed E-state index contributed by atoms with van der Waals surface area (Å²) >= 11 is 0. The van der Waals surface area contributed by atoms with Gasteiger partial charge in [-0.25, -0.2) is 0 Å². The number of hydrogen-bond acceptors (Lipinski definition) is 5. The molecular weight excluding hydrogens is 276 g/mol. The van der Waals surface area contributed by atoms with Crippen LogP contribution in [0, 0.1) is 11.8 Å². The molecule has 5 atom stereocenters. The Morgan fingerprint density at radius 2 is 2.05 bits per heavy atom. The van der Waals surface area contributed by atoms with Crippen LogP contribution in [0.3, 0.4) is 0 Å². The van der Waals surface area contributed by atoms with Crippen molar-refractivity contribution >= 4 is 11.9 Å². The second kappa shape index (κ2) is 7.85. The highest BCUT2D eigenvalue weighted by Crippen LogP contribution is 2.32. The number of esters is 1. The molecule has 0 aromatic carbocycles. The molecule has 8 nitrogen and oxygen atoms in total. The SMILES string of the molecule is CCC1OC(OC(C)=O)C(NC(=O)CN=[N+]=[N-])[C@@H](C)[C@@H]1C. The van der Waals surface area contributed by atoms with Crippen LogP contribution in [0.15, 0.2) is 5.11 Å². The molecule has 1 amide bonds. The van der Waals surface area contributed by atoms with E-state index in [0.29, 0.717) is 0 Å². The van der Waals surface area contributed by atoms with Gasteiger partial charge in [0, 0.05) is 11.8 Å². The lowest BCUT2D eigenvalue weighted by Crippen LogP contribution is -2.58. The molecule has 1 aliphatic rings. The van der Waals surface area contributed by atoms with E-state index < -0.39 is 24.2 Å². The van der Waals surface area contributed by atoms with Crippen LogP contribution in [-0.4, -0.2) is 36.9 Å². The van der Waals surface area contributed by atoms with Crippen molar-refractivity contribution in [1.82, 2.24) is 5.32 Å². The Labute approximate surface area is 123 Å². The van der Waals surface area contributed by atoms with Gasteiger partial charge in [0.25, 0.3) is 0 Å². The minimum atomic E-state index is -0.825. The van der Waals surface area contributed by atoms with Gasteiger partial charge in [0.1, 0.15) is 6.54 Å². The summed E-state index contributed by atoms with van der Waals surface area (Å²) in [5, 5.41) is 5.95. The molecule has 0 spiro atoms. The van der Waals surface area contributed by atoms with E-state index in [1.165, 1.54) is 6.92 Å². The van der Waals surface area contributed by atoms with Gasteiger partial charge < -0.3 is 14.8 Å². The van der Waals surface area contributed by atoms with Crippen LogP contribution < -0.4 is 5.32 Å². The normalized spacial score (nSPS) is 31.9. The Kier molecular flexibility index (Phi) is 6.45. The Balaban J connectivity index is 2.85. The fourth-order valence-corrected chi connectivity index (χ4v) is 2.55. The lowest BCUT2D eigenvalue weighted by molar-refractivity contribution is -0.231. The molecule has 1 saturated heterocycles. The third kappa shape index (κ3) is 4.61. The molecule has 0 aromatic rings. The molecule has 1 N–H and O–H groups in total. The Bertz CT molecular complexity index is 436. The van der Waals surface area contributed by atoms with E-state index in [-0.39, 0.29) is 24.5 Å². The summed E-state index contributed by atoms with van der Waals surface area (Å²) in [5.74, 6) is -0.631. The quantitative estimate of drug-likeness (QED) is 0.360. The maximum atomic E-state index is 11.7. The van der Waals surface area contributed by atoms with Gasteiger partial charge in [-0.05, 0) is 23.8 Å². The topological polar surface area (TPSA) is 113 Å². The molecule has 1 rings (SSSR count). The summed E-state index contributed by atoms with van der Waals surface area (Å²) in [4.78, 5) is 25.5. The highest BCUT2D eigenvalue weighted by Gasteiger charge is 2.43. The minimum Gasteiger partial charge on any atom is -0.434 e. The smallest absolute Gasteiger partial charge is 0.305 e. The van der Waals surface area contributed by atoms with Crippen molar-refractivity contribution in [2.45, 2.75) is 52.6 Å². The summed E-state index contributed by atoms with van der Waals surface area (Å²) < 4.78 is 11.0. The van der Waals surface area contributed by atoms with Crippen molar-refractivity contribution in [3.05, 3.63) is 10.4 Å². The number of amides is 1. The Hall–Kier alpha value is -1.79. The van der Waals surface area contributed by atoms with Crippen LogP contribution in [0.2, 0.25) is 0 Å². The standard InChI is InChI=1S/C13H22N4O4/c1-5-10-7(2)8(3)12(13(21-10)20-9(4)18)16-11(19)6-15-17-14/h7-8,10,12-13H,5-6H2,1-4H3,(H,16,19)/t7-,8-,10?,12?,13?/m0/s1. The number of nitrogens with zero attached hydrogens (tertiary/aromatic N) is 3. The number of carbonyl (C=O) groups excluding carboxylic acids is 2. The van der Waals surface area contributed by atoms with Crippen molar-refractivity contribution in [3.8, 4) is 0 Å². The molecule has 1 fully saturated rings. The largest absolute Gasteiger partial charge is 0.434 e. The first-order valence-corrected chi connectivity index (χ1v) is 7.03. The molecule has 0 bridgehead atoms. The number of hydrogen-bond donors (Lipinski definition) is 1. The predicted octanol–water partition coefficient (Wildman–Crippen LogP) is 1.75. The monoisotopic (exact) mass is 298 g/mol. The third-order valence-electron chi connectivity index (χ3n) is 3.87. The van der Waals surface area contributed by atoms with Gasteiger partial charge in [-0.3, -0.25) is 9.59 Å². The number of rotatable bonds is 5. The Morgan fingerprint density at radius 3 is 2.57 bits per heavy atom.